The number of nitrogens with zero attached hydrogens (tertiary/aromatic N) is 2. The molecule has 4 rings (SSSR count). The average Bonchev–Trinajstić information content (AvgIpc) is 2.84. The Morgan fingerprint density at radius 1 is 0.875 bits per heavy atom. The van der Waals surface area contributed by atoms with Crippen LogP contribution in [-0.4, -0.2) is 44.8 Å². The molecule has 0 aromatic heterocycles. The molecule has 1 N–H and O–H groups in total. The fourth-order valence-corrected chi connectivity index (χ4v) is 5.63. The smallest absolute Gasteiger partial charge is 0.236 e. The lowest BCUT2D eigenvalue weighted by Crippen LogP contribution is -2.40. The SMILES string of the molecule is O=C(Nc1ccccc1N1CCCCC1)C1CCN(S(=O)(=O)/C=C/c2ccccc2)CC1. The van der Waals surface area contributed by atoms with Crippen LogP contribution in [0.3, 0.4) is 0 Å². The lowest BCUT2D eigenvalue weighted by atomic mass is 9.97. The van der Waals surface area contributed by atoms with Gasteiger partial charge in [0, 0.05) is 37.5 Å². The zero-order chi connectivity index (χ0) is 22.4. The van der Waals surface area contributed by atoms with Gasteiger partial charge in [-0.1, -0.05) is 42.5 Å². The van der Waals surface area contributed by atoms with Gasteiger partial charge in [-0.3, -0.25) is 4.79 Å². The summed E-state index contributed by atoms with van der Waals surface area (Å²) in [5.41, 5.74) is 2.77. The van der Waals surface area contributed by atoms with Gasteiger partial charge in [0.2, 0.25) is 15.9 Å². The first-order valence-electron chi connectivity index (χ1n) is 11.4. The Kier molecular flexibility index (Phi) is 7.27. The summed E-state index contributed by atoms with van der Waals surface area (Å²) in [6.45, 7) is 2.74. The van der Waals surface area contributed by atoms with Gasteiger partial charge in [-0.2, -0.15) is 4.31 Å². The van der Waals surface area contributed by atoms with E-state index >= 15 is 0 Å². The zero-order valence-electron chi connectivity index (χ0n) is 18.3. The summed E-state index contributed by atoms with van der Waals surface area (Å²) < 4.78 is 26.8. The molecule has 2 fully saturated rings. The van der Waals surface area contributed by atoms with Crippen molar-refractivity contribution in [2.75, 3.05) is 36.4 Å². The molecule has 0 saturated carbocycles. The summed E-state index contributed by atoms with van der Waals surface area (Å²) in [7, 11) is -3.50. The van der Waals surface area contributed by atoms with Crippen molar-refractivity contribution in [1.82, 2.24) is 4.31 Å². The van der Waals surface area contributed by atoms with Gasteiger partial charge < -0.3 is 10.2 Å². The van der Waals surface area contributed by atoms with Crippen molar-refractivity contribution in [1.29, 1.82) is 0 Å². The van der Waals surface area contributed by atoms with Crippen molar-refractivity contribution < 1.29 is 13.2 Å². The monoisotopic (exact) mass is 453 g/mol. The molecule has 2 heterocycles. The first-order valence-corrected chi connectivity index (χ1v) is 12.9. The summed E-state index contributed by atoms with van der Waals surface area (Å²) in [4.78, 5) is 15.3. The molecule has 0 aliphatic carbocycles. The van der Waals surface area contributed by atoms with Gasteiger partial charge >= 0.3 is 0 Å². The minimum Gasteiger partial charge on any atom is -0.370 e. The summed E-state index contributed by atoms with van der Waals surface area (Å²) in [5.74, 6) is -0.208. The van der Waals surface area contributed by atoms with Crippen LogP contribution in [0.15, 0.2) is 60.0 Å². The molecule has 0 unspecified atom stereocenters. The second kappa shape index (κ2) is 10.3. The van der Waals surface area contributed by atoms with E-state index in [2.05, 4.69) is 16.3 Å². The first kappa shape index (κ1) is 22.6. The van der Waals surface area contributed by atoms with Crippen LogP contribution >= 0.6 is 0 Å². The van der Waals surface area contributed by atoms with Crippen LogP contribution in [0, 0.1) is 5.92 Å². The highest BCUT2D eigenvalue weighted by Crippen LogP contribution is 2.30. The Morgan fingerprint density at radius 2 is 1.53 bits per heavy atom. The molecule has 2 saturated heterocycles. The van der Waals surface area contributed by atoms with E-state index < -0.39 is 10.0 Å². The van der Waals surface area contributed by atoms with Crippen molar-refractivity contribution in [3.8, 4) is 0 Å². The van der Waals surface area contributed by atoms with Gasteiger partial charge in [0.15, 0.2) is 0 Å². The van der Waals surface area contributed by atoms with Crippen LogP contribution in [0.2, 0.25) is 0 Å². The zero-order valence-corrected chi connectivity index (χ0v) is 19.1. The van der Waals surface area contributed by atoms with Crippen molar-refractivity contribution in [3.05, 3.63) is 65.6 Å². The Hall–Kier alpha value is -2.64. The maximum atomic E-state index is 13.0. The van der Waals surface area contributed by atoms with Crippen molar-refractivity contribution >= 4 is 33.4 Å². The minimum atomic E-state index is -3.50. The second-order valence-corrected chi connectivity index (χ2v) is 10.3. The number of rotatable bonds is 6. The number of carbonyl (C=O) groups excluding carboxylic acids is 1. The molecule has 0 bridgehead atoms. The number of amides is 1. The highest BCUT2D eigenvalue weighted by atomic mass is 32.2. The quantitative estimate of drug-likeness (QED) is 0.707. The number of carbonyl (C=O) groups is 1. The molecular formula is C25H31N3O3S. The number of hydrogen-bond donors (Lipinski definition) is 1. The van der Waals surface area contributed by atoms with Crippen LogP contribution < -0.4 is 10.2 Å². The van der Waals surface area contributed by atoms with E-state index in [1.807, 2.05) is 48.5 Å². The maximum Gasteiger partial charge on any atom is 0.236 e. The number of nitrogens with one attached hydrogen (secondary N) is 1. The third kappa shape index (κ3) is 5.58. The Balaban J connectivity index is 1.35. The predicted molar refractivity (Wildman–Crippen MR) is 130 cm³/mol. The molecule has 2 aliphatic rings. The van der Waals surface area contributed by atoms with Gasteiger partial charge in [0.25, 0.3) is 0 Å². The number of para-hydroxylation sites is 2. The van der Waals surface area contributed by atoms with E-state index in [0.29, 0.717) is 25.9 Å². The van der Waals surface area contributed by atoms with E-state index in [0.717, 1.165) is 30.0 Å². The third-order valence-electron chi connectivity index (χ3n) is 6.28. The van der Waals surface area contributed by atoms with E-state index in [9.17, 15) is 13.2 Å². The minimum absolute atomic E-state index is 0.0219. The van der Waals surface area contributed by atoms with Crippen molar-refractivity contribution in [2.24, 2.45) is 5.92 Å². The average molecular weight is 454 g/mol. The van der Waals surface area contributed by atoms with Crippen LogP contribution in [0.1, 0.15) is 37.7 Å². The number of anilines is 2. The summed E-state index contributed by atoms with van der Waals surface area (Å²) in [5, 5.41) is 4.38. The molecule has 2 aliphatic heterocycles. The van der Waals surface area contributed by atoms with Gasteiger partial charge in [0.05, 0.1) is 11.4 Å². The van der Waals surface area contributed by atoms with Crippen LogP contribution in [0.5, 0.6) is 0 Å². The number of benzene rings is 2. The molecule has 0 spiro atoms. The molecule has 170 valence electrons. The van der Waals surface area contributed by atoms with E-state index in [1.165, 1.54) is 29.0 Å². The Labute approximate surface area is 191 Å². The normalized spacial score (nSPS) is 18.7. The van der Waals surface area contributed by atoms with Crippen LogP contribution in [0.25, 0.3) is 6.08 Å². The molecule has 32 heavy (non-hydrogen) atoms. The van der Waals surface area contributed by atoms with Gasteiger partial charge in [-0.05, 0) is 55.9 Å². The highest BCUT2D eigenvalue weighted by molar-refractivity contribution is 7.92. The van der Waals surface area contributed by atoms with E-state index in [-0.39, 0.29) is 11.8 Å². The lowest BCUT2D eigenvalue weighted by molar-refractivity contribution is -0.120. The van der Waals surface area contributed by atoms with Crippen LogP contribution in [-0.2, 0) is 14.8 Å². The number of piperidine rings is 2. The molecule has 1 amide bonds. The fourth-order valence-electron chi connectivity index (χ4n) is 4.41. The van der Waals surface area contributed by atoms with E-state index in [1.54, 1.807) is 6.08 Å². The molecule has 2 aromatic rings. The topological polar surface area (TPSA) is 69.7 Å². The predicted octanol–water partition coefficient (Wildman–Crippen LogP) is 4.33. The Bertz CT molecular complexity index is 1040. The first-order chi connectivity index (χ1) is 15.5. The Morgan fingerprint density at radius 3 is 2.25 bits per heavy atom. The largest absolute Gasteiger partial charge is 0.370 e. The lowest BCUT2D eigenvalue weighted by Gasteiger charge is -2.32. The third-order valence-corrected chi connectivity index (χ3v) is 7.84. The summed E-state index contributed by atoms with van der Waals surface area (Å²) in [6.07, 6.45) is 6.27. The maximum absolute atomic E-state index is 13.0. The van der Waals surface area contributed by atoms with Gasteiger partial charge in [-0.15, -0.1) is 0 Å². The summed E-state index contributed by atoms with van der Waals surface area (Å²) in [6, 6.07) is 17.3. The van der Waals surface area contributed by atoms with Gasteiger partial charge in [-0.25, -0.2) is 8.42 Å². The summed E-state index contributed by atoms with van der Waals surface area (Å²) >= 11 is 0. The highest BCUT2D eigenvalue weighted by Gasteiger charge is 2.30. The second-order valence-electron chi connectivity index (χ2n) is 8.49. The van der Waals surface area contributed by atoms with Crippen molar-refractivity contribution in [2.45, 2.75) is 32.1 Å². The molecule has 0 atom stereocenters. The van der Waals surface area contributed by atoms with Crippen LogP contribution in [0.4, 0.5) is 11.4 Å². The fraction of sp³-hybridized carbons (Fsp3) is 0.400. The van der Waals surface area contributed by atoms with Gasteiger partial charge in [0.1, 0.15) is 0 Å². The molecule has 7 heteroatoms. The molecule has 2 aromatic carbocycles. The molecule has 0 radical (unpaired) electrons. The molecular weight excluding hydrogens is 422 g/mol. The number of hydrogen-bond acceptors (Lipinski definition) is 4. The van der Waals surface area contributed by atoms with Crippen molar-refractivity contribution in [3.63, 3.8) is 0 Å². The standard InChI is InChI=1S/C25H31N3O3S/c29-25(26-23-11-5-6-12-24(23)27-16-7-2-8-17-27)22-13-18-28(19-14-22)32(30,31)20-15-21-9-3-1-4-10-21/h1,3-6,9-12,15,20,22H,2,7-8,13-14,16-19H2,(H,26,29)/b20-15+. The number of sulfonamides is 1. The van der Waals surface area contributed by atoms with E-state index in [4.69, 9.17) is 0 Å². The molecule has 6 nitrogen and oxygen atoms in total.